The highest BCUT2D eigenvalue weighted by molar-refractivity contribution is 5.77. The van der Waals surface area contributed by atoms with Crippen molar-refractivity contribution in [2.24, 2.45) is 11.8 Å². The van der Waals surface area contributed by atoms with Crippen molar-refractivity contribution in [2.45, 2.75) is 38.5 Å². The molecule has 0 radical (unpaired) electrons. The molecule has 1 amide bonds. The van der Waals surface area contributed by atoms with Crippen LogP contribution in [0.5, 0.6) is 5.75 Å². The second-order valence-electron chi connectivity index (χ2n) is 7.49. The van der Waals surface area contributed by atoms with Crippen molar-refractivity contribution in [3.05, 3.63) is 30.3 Å². The van der Waals surface area contributed by atoms with Crippen molar-refractivity contribution in [1.29, 1.82) is 0 Å². The maximum absolute atomic E-state index is 12.0. The van der Waals surface area contributed by atoms with E-state index in [0.29, 0.717) is 19.8 Å². The monoisotopic (exact) mass is 362 g/mol. The summed E-state index contributed by atoms with van der Waals surface area (Å²) < 4.78 is 11.5. The first-order valence-electron chi connectivity index (χ1n) is 9.55. The minimum atomic E-state index is -0.589. The van der Waals surface area contributed by atoms with E-state index in [0.717, 1.165) is 25.3 Å². The number of amides is 1. The Labute approximate surface area is 155 Å². The number of benzene rings is 1. The zero-order valence-electron chi connectivity index (χ0n) is 15.6. The van der Waals surface area contributed by atoms with E-state index in [4.69, 9.17) is 9.47 Å². The summed E-state index contributed by atoms with van der Waals surface area (Å²) in [6.07, 6.45) is -0.142. The number of hydrogen-bond acceptors (Lipinski definition) is 5. The lowest BCUT2D eigenvalue weighted by Crippen LogP contribution is -2.52. The van der Waals surface area contributed by atoms with E-state index in [1.807, 2.05) is 44.2 Å². The summed E-state index contributed by atoms with van der Waals surface area (Å²) in [4.78, 5) is 14.3. The van der Waals surface area contributed by atoms with Gasteiger partial charge in [-0.25, -0.2) is 0 Å². The van der Waals surface area contributed by atoms with Crippen LogP contribution in [0.15, 0.2) is 30.3 Å². The van der Waals surface area contributed by atoms with Crippen LogP contribution in [0.3, 0.4) is 0 Å². The molecule has 6 heteroatoms. The molecule has 4 atom stereocenters. The van der Waals surface area contributed by atoms with Gasteiger partial charge in [0.15, 0.2) is 0 Å². The number of rotatable bonds is 6. The zero-order valence-corrected chi connectivity index (χ0v) is 15.6. The van der Waals surface area contributed by atoms with Crippen molar-refractivity contribution in [3.63, 3.8) is 0 Å². The minimum Gasteiger partial charge on any atom is -0.488 e. The van der Waals surface area contributed by atoms with Crippen LogP contribution >= 0.6 is 0 Å². The Morgan fingerprint density at radius 3 is 2.65 bits per heavy atom. The number of ether oxygens (including phenoxy) is 2. The van der Waals surface area contributed by atoms with E-state index in [9.17, 15) is 9.90 Å². The van der Waals surface area contributed by atoms with Gasteiger partial charge in [0.1, 0.15) is 18.0 Å². The molecular formula is C20H30N2O4. The van der Waals surface area contributed by atoms with Crippen LogP contribution in [0, 0.1) is 11.8 Å². The number of nitrogens with one attached hydrogen (secondary N) is 1. The molecule has 0 bridgehead atoms. The summed E-state index contributed by atoms with van der Waals surface area (Å²) in [5.41, 5.74) is 0. The highest BCUT2D eigenvalue weighted by Gasteiger charge is 2.46. The van der Waals surface area contributed by atoms with Gasteiger partial charge in [-0.05, 0) is 24.5 Å². The number of morpholine rings is 1. The van der Waals surface area contributed by atoms with Gasteiger partial charge in [0.05, 0.1) is 13.2 Å². The van der Waals surface area contributed by atoms with Crippen LogP contribution in [0.1, 0.15) is 20.3 Å². The third-order valence-electron chi connectivity index (χ3n) is 5.31. The molecule has 0 unspecified atom stereocenters. The van der Waals surface area contributed by atoms with Crippen LogP contribution < -0.4 is 10.1 Å². The quantitative estimate of drug-likeness (QED) is 0.798. The summed E-state index contributed by atoms with van der Waals surface area (Å²) in [5.74, 6) is 0.927. The maximum atomic E-state index is 12.0. The van der Waals surface area contributed by atoms with Crippen molar-refractivity contribution in [3.8, 4) is 5.75 Å². The van der Waals surface area contributed by atoms with E-state index < -0.39 is 6.10 Å². The molecule has 2 N–H and O–H groups in total. The summed E-state index contributed by atoms with van der Waals surface area (Å²) in [5, 5.41) is 14.0. The number of nitrogens with zero attached hydrogens (tertiary/aromatic N) is 1. The van der Waals surface area contributed by atoms with Gasteiger partial charge in [-0.15, -0.1) is 0 Å². The molecule has 1 aliphatic carbocycles. The maximum Gasteiger partial charge on any atom is 0.222 e. The molecule has 26 heavy (non-hydrogen) atoms. The molecule has 6 nitrogen and oxygen atoms in total. The summed E-state index contributed by atoms with van der Waals surface area (Å²) in [6.45, 7) is 7.30. The Morgan fingerprint density at radius 2 is 2.00 bits per heavy atom. The Kier molecular flexibility index (Phi) is 6.51. The van der Waals surface area contributed by atoms with Crippen molar-refractivity contribution < 1.29 is 19.4 Å². The molecule has 1 aliphatic heterocycles. The van der Waals surface area contributed by atoms with Gasteiger partial charge in [0, 0.05) is 31.6 Å². The van der Waals surface area contributed by atoms with Gasteiger partial charge in [-0.2, -0.15) is 0 Å². The molecular weight excluding hydrogens is 332 g/mol. The SMILES string of the molecule is CC(C)C(=O)NC[C@@H]1C[C@@H](Oc2ccccc2)[C@H](O)[C@H]1N1CCOCC1. The van der Waals surface area contributed by atoms with Gasteiger partial charge in [-0.1, -0.05) is 32.0 Å². The van der Waals surface area contributed by atoms with Crippen LogP contribution in [-0.2, 0) is 9.53 Å². The van der Waals surface area contributed by atoms with E-state index in [1.165, 1.54) is 0 Å². The first-order chi connectivity index (χ1) is 12.6. The Morgan fingerprint density at radius 1 is 1.31 bits per heavy atom. The van der Waals surface area contributed by atoms with Crippen molar-refractivity contribution in [2.75, 3.05) is 32.8 Å². The zero-order chi connectivity index (χ0) is 18.5. The minimum absolute atomic E-state index is 0.0277. The largest absolute Gasteiger partial charge is 0.488 e. The molecule has 1 heterocycles. The molecule has 2 fully saturated rings. The van der Waals surface area contributed by atoms with E-state index in [1.54, 1.807) is 0 Å². The highest BCUT2D eigenvalue weighted by Crippen LogP contribution is 2.33. The normalized spacial score (nSPS) is 29.7. The van der Waals surface area contributed by atoms with Gasteiger partial charge in [0.2, 0.25) is 5.91 Å². The number of aliphatic hydroxyl groups excluding tert-OH is 1. The molecule has 2 aliphatic rings. The number of hydrogen-bond donors (Lipinski definition) is 2. The van der Waals surface area contributed by atoms with Crippen LogP contribution in [0.25, 0.3) is 0 Å². The van der Waals surface area contributed by atoms with Gasteiger partial charge < -0.3 is 19.9 Å². The van der Waals surface area contributed by atoms with Gasteiger partial charge in [-0.3, -0.25) is 9.69 Å². The Balaban J connectivity index is 1.70. The topological polar surface area (TPSA) is 71.0 Å². The predicted molar refractivity (Wildman–Crippen MR) is 99.0 cm³/mol. The van der Waals surface area contributed by atoms with Crippen LogP contribution in [0.4, 0.5) is 0 Å². The van der Waals surface area contributed by atoms with E-state index in [2.05, 4.69) is 10.2 Å². The summed E-state index contributed by atoms with van der Waals surface area (Å²) >= 11 is 0. The standard InChI is InChI=1S/C20H30N2O4/c1-14(2)20(24)21-13-15-12-17(26-16-6-4-3-5-7-16)19(23)18(15)22-8-10-25-11-9-22/h3-7,14-15,17-19,23H,8-13H2,1-2H3,(H,21,24)/t15-,17+,18-,19-/m0/s1. The number of aliphatic hydroxyl groups is 1. The Bertz CT molecular complexity index is 574. The summed E-state index contributed by atoms with van der Waals surface area (Å²) in [6, 6.07) is 9.58. The van der Waals surface area contributed by atoms with Gasteiger partial charge in [0.25, 0.3) is 0 Å². The molecule has 0 aromatic heterocycles. The lowest BCUT2D eigenvalue weighted by molar-refractivity contribution is -0.124. The van der Waals surface area contributed by atoms with E-state index in [-0.39, 0.29) is 29.9 Å². The van der Waals surface area contributed by atoms with Gasteiger partial charge >= 0.3 is 0 Å². The first-order valence-corrected chi connectivity index (χ1v) is 9.55. The fraction of sp³-hybridized carbons (Fsp3) is 0.650. The van der Waals surface area contributed by atoms with Crippen LogP contribution in [-0.4, -0.2) is 67.0 Å². The van der Waals surface area contributed by atoms with Crippen LogP contribution in [0.2, 0.25) is 0 Å². The smallest absolute Gasteiger partial charge is 0.222 e. The average Bonchev–Trinajstić information content (AvgIpc) is 2.96. The third kappa shape index (κ3) is 4.55. The molecule has 1 aromatic rings. The predicted octanol–water partition coefficient (Wildman–Crippen LogP) is 1.29. The number of carbonyl (C=O) groups excluding carboxylic acids is 1. The average molecular weight is 362 g/mol. The number of carbonyl (C=O) groups is 1. The fourth-order valence-electron chi connectivity index (χ4n) is 3.90. The lowest BCUT2D eigenvalue weighted by atomic mass is 10.00. The Hall–Kier alpha value is -1.63. The molecule has 3 rings (SSSR count). The molecule has 0 spiro atoms. The lowest BCUT2D eigenvalue weighted by Gasteiger charge is -2.37. The second-order valence-corrected chi connectivity index (χ2v) is 7.49. The first kappa shape index (κ1) is 19.1. The van der Waals surface area contributed by atoms with E-state index >= 15 is 0 Å². The molecule has 1 aromatic carbocycles. The number of para-hydroxylation sites is 1. The highest BCUT2D eigenvalue weighted by atomic mass is 16.5. The van der Waals surface area contributed by atoms with Crippen molar-refractivity contribution in [1.82, 2.24) is 10.2 Å². The summed E-state index contributed by atoms with van der Waals surface area (Å²) in [7, 11) is 0. The second kappa shape index (κ2) is 8.84. The molecule has 1 saturated heterocycles. The fourth-order valence-corrected chi connectivity index (χ4v) is 3.90. The molecule has 1 saturated carbocycles. The molecule has 144 valence electrons. The third-order valence-corrected chi connectivity index (χ3v) is 5.31. The van der Waals surface area contributed by atoms with Crippen molar-refractivity contribution >= 4 is 5.91 Å².